The second-order valence-electron chi connectivity index (χ2n) is 5.24. The molecule has 0 radical (unpaired) electrons. The first kappa shape index (κ1) is 12.1. The lowest BCUT2D eigenvalue weighted by atomic mass is 10.0. The Morgan fingerprint density at radius 3 is 2.89 bits per heavy atom. The molecule has 2 heterocycles. The third-order valence-electron chi connectivity index (χ3n) is 3.93. The number of aryl methyl sites for hydroxylation is 1. The van der Waals surface area contributed by atoms with Gasteiger partial charge in [-0.05, 0) is 19.8 Å². The van der Waals surface area contributed by atoms with Crippen LogP contribution in [0.1, 0.15) is 48.7 Å². The van der Waals surface area contributed by atoms with E-state index in [-0.39, 0.29) is 6.42 Å². The minimum absolute atomic E-state index is 0.0164. The SMILES string of the molecule is Cc1nc2cc(C3CCCC3)ncn2c1CC(=O)O. The van der Waals surface area contributed by atoms with Crippen LogP contribution in [-0.2, 0) is 11.2 Å². The number of aliphatic carboxylic acids is 1. The average Bonchev–Trinajstić information content (AvgIpc) is 2.97. The monoisotopic (exact) mass is 259 g/mol. The van der Waals surface area contributed by atoms with Crippen LogP contribution in [0.15, 0.2) is 12.4 Å². The van der Waals surface area contributed by atoms with Gasteiger partial charge in [-0.1, -0.05) is 12.8 Å². The highest BCUT2D eigenvalue weighted by atomic mass is 16.4. The van der Waals surface area contributed by atoms with Crippen LogP contribution >= 0.6 is 0 Å². The van der Waals surface area contributed by atoms with Gasteiger partial charge < -0.3 is 5.11 Å². The second-order valence-corrected chi connectivity index (χ2v) is 5.24. The van der Waals surface area contributed by atoms with E-state index >= 15 is 0 Å². The molecule has 0 unspecified atom stereocenters. The number of aromatic nitrogens is 3. The van der Waals surface area contributed by atoms with Gasteiger partial charge in [0, 0.05) is 17.7 Å². The molecule has 19 heavy (non-hydrogen) atoms. The number of nitrogens with zero attached hydrogens (tertiary/aromatic N) is 3. The summed E-state index contributed by atoms with van der Waals surface area (Å²) < 4.78 is 1.79. The molecule has 0 atom stereocenters. The summed E-state index contributed by atoms with van der Waals surface area (Å²) in [4.78, 5) is 19.8. The highest BCUT2D eigenvalue weighted by Gasteiger charge is 2.20. The van der Waals surface area contributed by atoms with Crippen LogP contribution in [0.4, 0.5) is 0 Å². The van der Waals surface area contributed by atoms with Crippen LogP contribution in [0.5, 0.6) is 0 Å². The number of fused-ring (bicyclic) bond motifs is 1. The number of hydrogen-bond acceptors (Lipinski definition) is 3. The molecule has 3 rings (SSSR count). The standard InChI is InChI=1S/C14H17N3O2/c1-9-12(7-14(18)19)17-8-15-11(6-13(17)16-9)10-4-2-3-5-10/h6,8,10H,2-5,7H2,1H3,(H,18,19). The molecule has 0 amide bonds. The zero-order valence-corrected chi connectivity index (χ0v) is 11.0. The first-order valence-electron chi connectivity index (χ1n) is 6.70. The van der Waals surface area contributed by atoms with Crippen LogP contribution in [0.2, 0.25) is 0 Å². The van der Waals surface area contributed by atoms with Crippen molar-refractivity contribution >= 4 is 11.6 Å². The summed E-state index contributed by atoms with van der Waals surface area (Å²) in [6.07, 6.45) is 6.65. The van der Waals surface area contributed by atoms with E-state index in [9.17, 15) is 4.79 Å². The number of carboxylic acid groups (broad SMARTS) is 1. The molecular formula is C14H17N3O2. The molecule has 2 aromatic heterocycles. The minimum atomic E-state index is -0.843. The Balaban J connectivity index is 2.02. The first-order chi connectivity index (χ1) is 9.15. The van der Waals surface area contributed by atoms with E-state index in [4.69, 9.17) is 5.11 Å². The van der Waals surface area contributed by atoms with Gasteiger partial charge in [0.05, 0.1) is 17.8 Å². The normalized spacial score (nSPS) is 16.3. The highest BCUT2D eigenvalue weighted by molar-refractivity contribution is 5.70. The van der Waals surface area contributed by atoms with E-state index < -0.39 is 5.97 Å². The largest absolute Gasteiger partial charge is 0.481 e. The third kappa shape index (κ3) is 2.20. The van der Waals surface area contributed by atoms with Crippen molar-refractivity contribution < 1.29 is 9.90 Å². The molecule has 1 aliphatic carbocycles. The Kier molecular flexibility index (Phi) is 2.97. The van der Waals surface area contributed by atoms with E-state index in [2.05, 4.69) is 9.97 Å². The smallest absolute Gasteiger partial charge is 0.309 e. The van der Waals surface area contributed by atoms with E-state index in [0.29, 0.717) is 11.6 Å². The lowest BCUT2D eigenvalue weighted by Gasteiger charge is -2.08. The summed E-state index contributed by atoms with van der Waals surface area (Å²) in [5, 5.41) is 8.93. The highest BCUT2D eigenvalue weighted by Crippen LogP contribution is 2.33. The molecule has 2 aromatic rings. The van der Waals surface area contributed by atoms with Gasteiger partial charge in [-0.3, -0.25) is 9.20 Å². The zero-order chi connectivity index (χ0) is 13.4. The van der Waals surface area contributed by atoms with Crippen LogP contribution in [0, 0.1) is 6.92 Å². The predicted octanol–water partition coefficient (Wildman–Crippen LogP) is 2.32. The molecule has 0 bridgehead atoms. The molecule has 0 aromatic carbocycles. The molecule has 1 saturated carbocycles. The van der Waals surface area contributed by atoms with E-state index in [1.54, 1.807) is 10.7 Å². The molecule has 1 aliphatic rings. The quantitative estimate of drug-likeness (QED) is 0.918. The van der Waals surface area contributed by atoms with E-state index in [0.717, 1.165) is 17.0 Å². The molecule has 5 nitrogen and oxygen atoms in total. The van der Waals surface area contributed by atoms with Crippen molar-refractivity contribution in [3.63, 3.8) is 0 Å². The zero-order valence-electron chi connectivity index (χ0n) is 11.0. The number of carboxylic acids is 1. The molecule has 0 saturated heterocycles. The Morgan fingerprint density at radius 2 is 2.21 bits per heavy atom. The van der Waals surface area contributed by atoms with Gasteiger partial charge in [-0.2, -0.15) is 0 Å². The number of carbonyl (C=O) groups is 1. The summed E-state index contributed by atoms with van der Waals surface area (Å²) in [5.74, 6) is -0.297. The summed E-state index contributed by atoms with van der Waals surface area (Å²) in [7, 11) is 0. The van der Waals surface area contributed by atoms with Gasteiger partial charge in [0.15, 0.2) is 0 Å². The van der Waals surface area contributed by atoms with E-state index in [1.165, 1.54) is 25.7 Å². The van der Waals surface area contributed by atoms with Crippen molar-refractivity contribution in [2.24, 2.45) is 0 Å². The van der Waals surface area contributed by atoms with Gasteiger partial charge in [0.1, 0.15) is 12.0 Å². The maximum Gasteiger partial charge on any atom is 0.309 e. The van der Waals surface area contributed by atoms with Crippen LogP contribution < -0.4 is 0 Å². The molecule has 1 N–H and O–H groups in total. The van der Waals surface area contributed by atoms with Gasteiger partial charge >= 0.3 is 5.97 Å². The van der Waals surface area contributed by atoms with Crippen molar-refractivity contribution in [2.75, 3.05) is 0 Å². The fraction of sp³-hybridized carbons (Fsp3) is 0.500. The van der Waals surface area contributed by atoms with Gasteiger partial charge in [0.25, 0.3) is 0 Å². The van der Waals surface area contributed by atoms with Crippen molar-refractivity contribution in [1.29, 1.82) is 0 Å². The molecule has 1 fully saturated rings. The summed E-state index contributed by atoms with van der Waals surface area (Å²) in [5.41, 5.74) is 3.39. The van der Waals surface area contributed by atoms with Crippen molar-refractivity contribution in [3.05, 3.63) is 29.5 Å². The summed E-state index contributed by atoms with van der Waals surface area (Å²) in [6, 6.07) is 2.01. The summed E-state index contributed by atoms with van der Waals surface area (Å²) >= 11 is 0. The molecule has 5 heteroatoms. The fourth-order valence-corrected chi connectivity index (χ4v) is 2.93. The Hall–Kier alpha value is -1.91. The van der Waals surface area contributed by atoms with Crippen molar-refractivity contribution in [3.8, 4) is 0 Å². The van der Waals surface area contributed by atoms with Gasteiger partial charge in [-0.25, -0.2) is 9.97 Å². The van der Waals surface area contributed by atoms with Crippen LogP contribution in [0.3, 0.4) is 0 Å². The van der Waals surface area contributed by atoms with Gasteiger partial charge in [-0.15, -0.1) is 0 Å². The van der Waals surface area contributed by atoms with Crippen molar-refractivity contribution in [2.45, 2.75) is 44.9 Å². The molecule has 0 spiro atoms. The number of hydrogen-bond donors (Lipinski definition) is 1. The van der Waals surface area contributed by atoms with Crippen LogP contribution in [0.25, 0.3) is 5.65 Å². The number of imidazole rings is 1. The molecular weight excluding hydrogens is 242 g/mol. The minimum Gasteiger partial charge on any atom is -0.481 e. The summed E-state index contributed by atoms with van der Waals surface area (Å²) in [6.45, 7) is 1.85. The fourth-order valence-electron chi connectivity index (χ4n) is 2.93. The Morgan fingerprint density at radius 1 is 1.47 bits per heavy atom. The Labute approximate surface area is 111 Å². The lowest BCUT2D eigenvalue weighted by molar-refractivity contribution is -0.136. The van der Waals surface area contributed by atoms with E-state index in [1.807, 2.05) is 13.0 Å². The second kappa shape index (κ2) is 4.64. The molecule has 100 valence electrons. The topological polar surface area (TPSA) is 67.5 Å². The lowest BCUT2D eigenvalue weighted by Crippen LogP contribution is -2.06. The Bertz CT molecular complexity index is 627. The average molecular weight is 259 g/mol. The van der Waals surface area contributed by atoms with Gasteiger partial charge in [0.2, 0.25) is 0 Å². The third-order valence-corrected chi connectivity index (χ3v) is 3.93. The molecule has 0 aliphatic heterocycles. The van der Waals surface area contributed by atoms with Crippen LogP contribution in [-0.4, -0.2) is 25.4 Å². The number of rotatable bonds is 3. The predicted molar refractivity (Wildman–Crippen MR) is 70.3 cm³/mol. The maximum atomic E-state index is 10.9. The van der Waals surface area contributed by atoms with Crippen molar-refractivity contribution in [1.82, 2.24) is 14.4 Å². The maximum absolute atomic E-state index is 10.9. The first-order valence-corrected chi connectivity index (χ1v) is 6.70.